The summed E-state index contributed by atoms with van der Waals surface area (Å²) in [5.41, 5.74) is 1.41. The number of carbonyl (C=O) groups excluding carboxylic acids is 2. The number of hydrogen-bond donors (Lipinski definition) is 0. The van der Waals surface area contributed by atoms with Crippen LogP contribution in [0.3, 0.4) is 0 Å². The van der Waals surface area contributed by atoms with Crippen molar-refractivity contribution in [3.05, 3.63) is 58.2 Å². The molecule has 1 aliphatic carbocycles. The molecule has 0 amide bonds. The number of rotatable bonds is 4. The molecule has 28 heavy (non-hydrogen) atoms. The molecule has 6 heteroatoms. The SMILES string of the molecule is C=CCc1c2occc2c(OC)c2c(=O)c(C=C3C(=O)CCCC3=O)coc12. The Morgan fingerprint density at radius 2 is 1.89 bits per heavy atom. The van der Waals surface area contributed by atoms with Gasteiger partial charge >= 0.3 is 0 Å². The number of ketones is 2. The lowest BCUT2D eigenvalue weighted by Crippen LogP contribution is -2.19. The van der Waals surface area contributed by atoms with Gasteiger partial charge in [-0.05, 0) is 25.0 Å². The van der Waals surface area contributed by atoms with Crippen molar-refractivity contribution in [1.29, 1.82) is 0 Å². The second kappa shape index (κ2) is 6.96. The number of fused-ring (bicyclic) bond motifs is 2. The Labute approximate surface area is 160 Å². The average Bonchev–Trinajstić information content (AvgIpc) is 3.16. The maximum atomic E-state index is 13.3. The van der Waals surface area contributed by atoms with Gasteiger partial charge in [0.1, 0.15) is 28.6 Å². The molecule has 4 rings (SSSR count). The van der Waals surface area contributed by atoms with Gasteiger partial charge < -0.3 is 13.6 Å². The number of furan rings is 1. The third-order valence-corrected chi connectivity index (χ3v) is 4.97. The zero-order valence-electron chi connectivity index (χ0n) is 15.4. The molecule has 0 radical (unpaired) electrons. The van der Waals surface area contributed by atoms with Crippen molar-refractivity contribution in [1.82, 2.24) is 0 Å². The standard InChI is InChI=1S/C22H18O6/c1-3-5-13-20-14(8-9-27-20)21(26-2)18-19(25)12(11-28-22(13)18)10-15-16(23)6-4-7-17(15)24/h3,8-11H,1,4-7H2,2H3. The van der Waals surface area contributed by atoms with Crippen molar-refractivity contribution in [2.45, 2.75) is 25.7 Å². The fraction of sp³-hybridized carbons (Fsp3) is 0.227. The summed E-state index contributed by atoms with van der Waals surface area (Å²) in [6.45, 7) is 3.75. The van der Waals surface area contributed by atoms with E-state index in [-0.39, 0.29) is 33.5 Å². The van der Waals surface area contributed by atoms with Gasteiger partial charge in [0, 0.05) is 18.4 Å². The summed E-state index contributed by atoms with van der Waals surface area (Å²) < 4.78 is 16.9. The van der Waals surface area contributed by atoms with Gasteiger partial charge in [-0.15, -0.1) is 6.58 Å². The van der Waals surface area contributed by atoms with Gasteiger partial charge in [-0.1, -0.05) is 6.08 Å². The zero-order chi connectivity index (χ0) is 19.8. The average molecular weight is 378 g/mol. The molecule has 1 fully saturated rings. The van der Waals surface area contributed by atoms with Gasteiger partial charge in [-0.3, -0.25) is 14.4 Å². The van der Waals surface area contributed by atoms with E-state index in [4.69, 9.17) is 13.6 Å². The second-order valence-electron chi connectivity index (χ2n) is 6.65. The molecule has 1 saturated carbocycles. The molecule has 142 valence electrons. The fourth-order valence-electron chi connectivity index (χ4n) is 3.66. The van der Waals surface area contributed by atoms with Crippen LogP contribution >= 0.6 is 0 Å². The summed E-state index contributed by atoms with van der Waals surface area (Å²) >= 11 is 0. The Kier molecular flexibility index (Phi) is 4.47. The molecular formula is C22H18O6. The third kappa shape index (κ3) is 2.69. The van der Waals surface area contributed by atoms with E-state index in [1.807, 2.05) is 0 Å². The predicted octanol–water partition coefficient (Wildman–Crippen LogP) is 3.98. The number of hydrogen-bond acceptors (Lipinski definition) is 6. The first-order valence-electron chi connectivity index (χ1n) is 8.97. The normalized spacial score (nSPS) is 14.7. The largest absolute Gasteiger partial charge is 0.495 e. The van der Waals surface area contributed by atoms with E-state index in [2.05, 4.69) is 6.58 Å². The molecule has 1 aromatic carbocycles. The highest BCUT2D eigenvalue weighted by Gasteiger charge is 2.25. The molecule has 1 aliphatic rings. The highest BCUT2D eigenvalue weighted by atomic mass is 16.5. The van der Waals surface area contributed by atoms with Crippen LogP contribution in [0.25, 0.3) is 28.0 Å². The summed E-state index contributed by atoms with van der Waals surface area (Å²) in [5.74, 6) is -0.164. The first-order valence-corrected chi connectivity index (χ1v) is 8.97. The van der Waals surface area contributed by atoms with Crippen LogP contribution in [-0.2, 0) is 16.0 Å². The van der Waals surface area contributed by atoms with Crippen LogP contribution in [0.1, 0.15) is 30.4 Å². The minimum absolute atomic E-state index is 0.0487. The topological polar surface area (TPSA) is 86.7 Å². The molecule has 0 bridgehead atoms. The van der Waals surface area contributed by atoms with Gasteiger partial charge in [-0.2, -0.15) is 0 Å². The van der Waals surface area contributed by atoms with E-state index in [1.54, 1.807) is 12.1 Å². The van der Waals surface area contributed by atoms with Crippen molar-refractivity contribution < 1.29 is 23.2 Å². The summed E-state index contributed by atoms with van der Waals surface area (Å²) in [5, 5.41) is 0.895. The van der Waals surface area contributed by atoms with Gasteiger partial charge in [0.25, 0.3) is 0 Å². The lowest BCUT2D eigenvalue weighted by molar-refractivity contribution is -0.123. The first kappa shape index (κ1) is 18.0. The quantitative estimate of drug-likeness (QED) is 0.388. The van der Waals surface area contributed by atoms with E-state index >= 15 is 0 Å². The summed E-state index contributed by atoms with van der Waals surface area (Å²) in [4.78, 5) is 37.5. The Morgan fingerprint density at radius 3 is 2.57 bits per heavy atom. The molecule has 0 spiro atoms. The van der Waals surface area contributed by atoms with Gasteiger partial charge in [0.05, 0.1) is 29.9 Å². The Morgan fingerprint density at radius 1 is 1.14 bits per heavy atom. The van der Waals surface area contributed by atoms with E-state index < -0.39 is 0 Å². The number of benzene rings is 1. The lowest BCUT2D eigenvalue weighted by Gasteiger charge is -2.12. The predicted molar refractivity (Wildman–Crippen MR) is 105 cm³/mol. The first-order chi connectivity index (χ1) is 13.6. The molecule has 0 N–H and O–H groups in total. The minimum Gasteiger partial charge on any atom is -0.495 e. The highest BCUT2D eigenvalue weighted by Crippen LogP contribution is 2.38. The number of carbonyl (C=O) groups is 2. The maximum Gasteiger partial charge on any atom is 0.203 e. The van der Waals surface area contributed by atoms with Crippen molar-refractivity contribution >= 4 is 39.6 Å². The molecule has 3 aromatic rings. The molecule has 0 aliphatic heterocycles. The molecule has 6 nitrogen and oxygen atoms in total. The molecule has 0 saturated heterocycles. The van der Waals surface area contributed by atoms with Crippen LogP contribution in [0.2, 0.25) is 0 Å². The molecule has 0 atom stereocenters. The van der Waals surface area contributed by atoms with E-state index in [0.717, 1.165) is 0 Å². The van der Waals surface area contributed by atoms with Crippen molar-refractivity contribution in [2.75, 3.05) is 7.11 Å². The van der Waals surface area contributed by atoms with Crippen molar-refractivity contribution in [3.8, 4) is 5.75 Å². The van der Waals surface area contributed by atoms with Gasteiger partial charge in [0.15, 0.2) is 11.6 Å². The van der Waals surface area contributed by atoms with Crippen molar-refractivity contribution in [3.63, 3.8) is 0 Å². The van der Waals surface area contributed by atoms with Gasteiger partial charge in [-0.25, -0.2) is 0 Å². The van der Waals surface area contributed by atoms with Crippen LogP contribution < -0.4 is 10.2 Å². The monoisotopic (exact) mass is 378 g/mol. The van der Waals surface area contributed by atoms with Crippen LogP contribution in [0, 0.1) is 0 Å². The number of methoxy groups -OCH3 is 1. The van der Waals surface area contributed by atoms with E-state index in [9.17, 15) is 14.4 Å². The van der Waals surface area contributed by atoms with Crippen LogP contribution in [0.4, 0.5) is 0 Å². The Balaban J connectivity index is 2.05. The Hall–Kier alpha value is -3.41. The van der Waals surface area contributed by atoms with Crippen LogP contribution in [0.5, 0.6) is 5.75 Å². The van der Waals surface area contributed by atoms with E-state index in [0.29, 0.717) is 53.5 Å². The summed E-state index contributed by atoms with van der Waals surface area (Å²) in [6, 6.07) is 1.72. The number of Topliss-reactive ketones (excluding diaryl/α,β-unsaturated/α-hetero) is 2. The second-order valence-corrected chi connectivity index (χ2v) is 6.65. The van der Waals surface area contributed by atoms with Crippen LogP contribution in [0.15, 0.2) is 50.4 Å². The Bertz CT molecular complexity index is 1200. The molecular weight excluding hydrogens is 360 g/mol. The maximum absolute atomic E-state index is 13.3. The zero-order valence-corrected chi connectivity index (χ0v) is 15.4. The smallest absolute Gasteiger partial charge is 0.203 e. The van der Waals surface area contributed by atoms with Crippen molar-refractivity contribution in [2.24, 2.45) is 0 Å². The molecule has 0 unspecified atom stereocenters. The minimum atomic E-state index is -0.370. The number of ether oxygens (including phenoxy) is 1. The highest BCUT2D eigenvalue weighted by molar-refractivity contribution is 6.24. The van der Waals surface area contributed by atoms with Gasteiger partial charge in [0.2, 0.25) is 5.43 Å². The molecule has 2 aromatic heterocycles. The fourth-order valence-corrected chi connectivity index (χ4v) is 3.66. The van der Waals surface area contributed by atoms with E-state index in [1.165, 1.54) is 25.7 Å². The summed E-state index contributed by atoms with van der Waals surface area (Å²) in [6.07, 6.45) is 7.40. The lowest BCUT2D eigenvalue weighted by atomic mass is 9.91. The number of allylic oxidation sites excluding steroid dienone is 2. The summed E-state index contributed by atoms with van der Waals surface area (Å²) in [7, 11) is 1.47. The molecule has 2 heterocycles. The van der Waals surface area contributed by atoms with Crippen LogP contribution in [-0.4, -0.2) is 18.7 Å². The third-order valence-electron chi connectivity index (χ3n) is 4.97.